The monoisotopic (exact) mass is 428 g/mol. The number of H-pyrrole nitrogens is 1. The summed E-state index contributed by atoms with van der Waals surface area (Å²) < 4.78 is 2.27. The Morgan fingerprint density at radius 2 is 1.83 bits per heavy atom. The maximum atomic E-state index is 12.7. The number of rotatable bonds is 8. The van der Waals surface area contributed by atoms with E-state index in [0.717, 1.165) is 37.1 Å². The Morgan fingerprint density at radius 3 is 2.45 bits per heavy atom. The van der Waals surface area contributed by atoms with E-state index in [1.807, 2.05) is 53.4 Å². The van der Waals surface area contributed by atoms with Crippen LogP contribution >= 0.6 is 23.8 Å². The largest absolute Gasteiger partial charge is 0.339 e. The average Bonchev–Trinajstić information content (AvgIpc) is 3.08. The predicted molar refractivity (Wildman–Crippen MR) is 120 cm³/mol. The molecule has 0 bridgehead atoms. The van der Waals surface area contributed by atoms with Crippen molar-refractivity contribution in [1.29, 1.82) is 0 Å². The minimum Gasteiger partial charge on any atom is -0.339 e. The molecule has 2 aromatic carbocycles. The molecule has 0 unspecified atom stereocenters. The van der Waals surface area contributed by atoms with Gasteiger partial charge in [-0.25, -0.2) is 0 Å². The number of aromatic amines is 1. The fourth-order valence-electron chi connectivity index (χ4n) is 3.22. The molecule has 5 nitrogen and oxygen atoms in total. The lowest BCUT2D eigenvalue weighted by atomic mass is 10.1. The van der Waals surface area contributed by atoms with E-state index in [9.17, 15) is 4.79 Å². The molecule has 0 aliphatic carbocycles. The predicted octanol–water partition coefficient (Wildman–Crippen LogP) is 5.57. The van der Waals surface area contributed by atoms with Crippen LogP contribution in [0.25, 0.3) is 11.4 Å². The summed E-state index contributed by atoms with van der Waals surface area (Å²) in [4.78, 5) is 19.1. The minimum absolute atomic E-state index is 0.0691. The maximum absolute atomic E-state index is 12.7. The van der Waals surface area contributed by atoms with Crippen LogP contribution in [0.2, 0.25) is 5.02 Å². The van der Waals surface area contributed by atoms with Gasteiger partial charge in [-0.1, -0.05) is 49.7 Å². The fourth-order valence-corrected chi connectivity index (χ4v) is 3.63. The van der Waals surface area contributed by atoms with Crippen molar-refractivity contribution in [2.24, 2.45) is 0 Å². The van der Waals surface area contributed by atoms with Crippen molar-refractivity contribution >= 4 is 29.7 Å². The highest BCUT2D eigenvalue weighted by molar-refractivity contribution is 7.71. The lowest BCUT2D eigenvalue weighted by Crippen LogP contribution is -2.32. The van der Waals surface area contributed by atoms with Gasteiger partial charge in [0.15, 0.2) is 5.82 Å². The number of hydrogen-bond acceptors (Lipinski definition) is 3. The number of benzene rings is 2. The molecule has 0 atom stereocenters. The second-order valence-electron chi connectivity index (χ2n) is 6.94. The lowest BCUT2D eigenvalue weighted by molar-refractivity contribution is 0.0755. The van der Waals surface area contributed by atoms with E-state index in [4.69, 9.17) is 23.8 Å². The van der Waals surface area contributed by atoms with Crippen molar-refractivity contribution in [3.05, 3.63) is 69.5 Å². The van der Waals surface area contributed by atoms with Crippen molar-refractivity contribution in [2.75, 3.05) is 13.1 Å². The maximum Gasteiger partial charge on any atom is 0.253 e. The van der Waals surface area contributed by atoms with E-state index in [1.54, 1.807) is 4.68 Å². The molecule has 3 rings (SSSR count). The molecule has 3 aromatic rings. The van der Waals surface area contributed by atoms with Crippen molar-refractivity contribution in [3.8, 4) is 11.4 Å². The molecule has 1 N–H and O–H groups in total. The zero-order chi connectivity index (χ0) is 20.8. The van der Waals surface area contributed by atoms with E-state index in [1.165, 1.54) is 0 Å². The van der Waals surface area contributed by atoms with Crippen molar-refractivity contribution < 1.29 is 4.79 Å². The van der Waals surface area contributed by atoms with Gasteiger partial charge in [-0.15, -0.1) is 0 Å². The van der Waals surface area contributed by atoms with E-state index in [2.05, 4.69) is 23.9 Å². The van der Waals surface area contributed by atoms with Crippen LogP contribution in [0.5, 0.6) is 0 Å². The summed E-state index contributed by atoms with van der Waals surface area (Å²) in [5.41, 5.74) is 2.61. The molecule has 0 aliphatic rings. The van der Waals surface area contributed by atoms with Crippen LogP contribution < -0.4 is 0 Å². The van der Waals surface area contributed by atoms with E-state index >= 15 is 0 Å². The molecular formula is C22H25ClN4OS. The minimum atomic E-state index is 0.0691. The number of hydrogen-bond donors (Lipinski definition) is 1. The first-order valence-corrected chi connectivity index (χ1v) is 10.6. The van der Waals surface area contributed by atoms with Crippen LogP contribution in [0.15, 0.2) is 48.5 Å². The highest BCUT2D eigenvalue weighted by atomic mass is 35.5. The molecule has 29 heavy (non-hydrogen) atoms. The Hall–Kier alpha value is -2.44. The molecule has 0 saturated heterocycles. The lowest BCUT2D eigenvalue weighted by Gasteiger charge is -2.21. The van der Waals surface area contributed by atoms with E-state index in [0.29, 0.717) is 27.7 Å². The van der Waals surface area contributed by atoms with Gasteiger partial charge in [0, 0.05) is 29.2 Å². The molecule has 152 valence electrons. The zero-order valence-corrected chi connectivity index (χ0v) is 18.3. The SMILES string of the molecule is CCCN(CCC)C(=O)c1ccc(-c2nc(=S)n(Cc3cccc(Cl)c3)[nH]2)cc1. The normalized spacial score (nSPS) is 10.9. The van der Waals surface area contributed by atoms with Crippen molar-refractivity contribution in [1.82, 2.24) is 19.7 Å². The van der Waals surface area contributed by atoms with Crippen LogP contribution in [0.3, 0.4) is 0 Å². The van der Waals surface area contributed by atoms with Gasteiger partial charge in [-0.05, 0) is 54.9 Å². The number of nitrogens with one attached hydrogen (secondary N) is 1. The molecule has 1 amide bonds. The van der Waals surface area contributed by atoms with Gasteiger partial charge < -0.3 is 4.90 Å². The summed E-state index contributed by atoms with van der Waals surface area (Å²) in [6.07, 6.45) is 1.90. The highest BCUT2D eigenvalue weighted by Crippen LogP contribution is 2.18. The van der Waals surface area contributed by atoms with Crippen LogP contribution in [0.1, 0.15) is 42.6 Å². The molecule has 1 aromatic heterocycles. The Bertz CT molecular complexity index is 1020. The summed E-state index contributed by atoms with van der Waals surface area (Å²) in [7, 11) is 0. The third-order valence-electron chi connectivity index (χ3n) is 4.59. The number of carbonyl (C=O) groups is 1. The molecular weight excluding hydrogens is 404 g/mol. The van der Waals surface area contributed by atoms with Crippen LogP contribution in [0, 0.1) is 4.77 Å². The quantitative estimate of drug-likeness (QED) is 0.477. The highest BCUT2D eigenvalue weighted by Gasteiger charge is 2.14. The number of aromatic nitrogens is 3. The molecule has 0 saturated carbocycles. The van der Waals surface area contributed by atoms with Gasteiger partial charge in [-0.3, -0.25) is 14.6 Å². The Kier molecular flexibility index (Phi) is 7.23. The van der Waals surface area contributed by atoms with Gasteiger partial charge >= 0.3 is 0 Å². The summed E-state index contributed by atoms with van der Waals surface area (Å²) >= 11 is 11.5. The smallest absolute Gasteiger partial charge is 0.253 e. The van der Waals surface area contributed by atoms with E-state index < -0.39 is 0 Å². The van der Waals surface area contributed by atoms with Crippen LogP contribution in [-0.4, -0.2) is 38.7 Å². The molecule has 0 spiro atoms. The fraction of sp³-hybridized carbons (Fsp3) is 0.318. The molecule has 0 aliphatic heterocycles. The summed E-state index contributed by atoms with van der Waals surface area (Å²) in [5, 5.41) is 3.93. The Labute approximate surface area is 181 Å². The first kappa shape index (κ1) is 21.3. The average molecular weight is 429 g/mol. The second kappa shape index (κ2) is 9.85. The Balaban J connectivity index is 1.78. The van der Waals surface area contributed by atoms with Gasteiger partial charge in [0.1, 0.15) is 0 Å². The van der Waals surface area contributed by atoms with E-state index in [-0.39, 0.29) is 5.91 Å². The topological polar surface area (TPSA) is 53.9 Å². The third-order valence-corrected chi connectivity index (χ3v) is 5.14. The van der Waals surface area contributed by atoms with Crippen LogP contribution in [-0.2, 0) is 6.54 Å². The standard InChI is InChI=1S/C22H25ClN4OS/c1-3-12-26(13-4-2)21(28)18-10-8-17(9-11-18)20-24-22(29)27(25-20)15-16-6-5-7-19(23)14-16/h5-11,14H,3-4,12-13,15H2,1-2H3,(H,24,25,29). The first-order valence-electron chi connectivity index (χ1n) is 9.82. The van der Waals surface area contributed by atoms with Crippen LogP contribution in [0.4, 0.5) is 0 Å². The van der Waals surface area contributed by atoms with Crippen molar-refractivity contribution in [2.45, 2.75) is 33.2 Å². The van der Waals surface area contributed by atoms with Gasteiger partial charge in [0.2, 0.25) is 4.77 Å². The van der Waals surface area contributed by atoms with Gasteiger partial charge in [0.05, 0.1) is 6.54 Å². The third kappa shape index (κ3) is 5.34. The molecule has 0 radical (unpaired) electrons. The van der Waals surface area contributed by atoms with Crippen molar-refractivity contribution in [3.63, 3.8) is 0 Å². The van der Waals surface area contributed by atoms with Gasteiger partial charge in [-0.2, -0.15) is 4.98 Å². The molecule has 7 heteroatoms. The molecule has 1 heterocycles. The summed E-state index contributed by atoms with van der Waals surface area (Å²) in [5.74, 6) is 0.745. The van der Waals surface area contributed by atoms with Gasteiger partial charge in [0.25, 0.3) is 5.91 Å². The zero-order valence-electron chi connectivity index (χ0n) is 16.7. The number of nitrogens with zero attached hydrogens (tertiary/aromatic N) is 3. The summed E-state index contributed by atoms with van der Waals surface area (Å²) in [6.45, 7) is 6.28. The second-order valence-corrected chi connectivity index (χ2v) is 7.74. The number of halogens is 1. The first-order chi connectivity index (χ1) is 14.0. The number of amides is 1. The Morgan fingerprint density at radius 1 is 1.14 bits per heavy atom. The molecule has 0 fully saturated rings. The summed E-state index contributed by atoms with van der Waals surface area (Å²) in [6, 6.07) is 15.2. The number of carbonyl (C=O) groups excluding carboxylic acids is 1.